The van der Waals surface area contributed by atoms with Crippen molar-refractivity contribution in [2.45, 2.75) is 25.5 Å². The summed E-state index contributed by atoms with van der Waals surface area (Å²) in [7, 11) is 3.62. The van der Waals surface area contributed by atoms with E-state index in [1.165, 1.54) is 18.2 Å². The van der Waals surface area contributed by atoms with Gasteiger partial charge in [-0.15, -0.1) is 0 Å². The lowest BCUT2D eigenvalue weighted by atomic mass is 9.92. The fourth-order valence-corrected chi connectivity index (χ4v) is 4.27. The third-order valence-corrected chi connectivity index (χ3v) is 5.80. The van der Waals surface area contributed by atoms with Crippen LogP contribution < -0.4 is 4.74 Å². The van der Waals surface area contributed by atoms with Crippen molar-refractivity contribution in [2.75, 3.05) is 40.3 Å². The van der Waals surface area contributed by atoms with Crippen molar-refractivity contribution in [3.8, 4) is 5.75 Å². The second kappa shape index (κ2) is 8.33. The van der Waals surface area contributed by atoms with Gasteiger partial charge in [-0.1, -0.05) is 30.3 Å². The minimum atomic E-state index is -0.220. The van der Waals surface area contributed by atoms with Gasteiger partial charge in [0.25, 0.3) is 0 Å². The van der Waals surface area contributed by atoms with Crippen LogP contribution in [0.3, 0.4) is 0 Å². The minimum Gasteiger partial charge on any atom is -0.489 e. The first-order chi connectivity index (χ1) is 13.7. The van der Waals surface area contributed by atoms with Gasteiger partial charge in [-0.25, -0.2) is 0 Å². The van der Waals surface area contributed by atoms with Crippen LogP contribution in [0.2, 0.25) is 0 Å². The fourth-order valence-electron chi connectivity index (χ4n) is 4.27. The molecule has 1 fully saturated rings. The van der Waals surface area contributed by atoms with E-state index in [1.54, 1.807) is 0 Å². The Morgan fingerprint density at radius 3 is 2.82 bits per heavy atom. The maximum absolute atomic E-state index is 11.8. The number of benzene rings is 2. The quantitative estimate of drug-likeness (QED) is 0.766. The molecule has 2 aliphatic rings. The molecule has 4 rings (SSSR count). The number of fused-ring (bicyclic) bond motifs is 2. The Hall–Kier alpha value is -2.37. The van der Waals surface area contributed by atoms with E-state index in [2.05, 4.69) is 47.2 Å². The summed E-state index contributed by atoms with van der Waals surface area (Å²) in [6.45, 7) is 4.80. The van der Waals surface area contributed by atoms with Crippen LogP contribution in [0.1, 0.15) is 34.7 Å². The van der Waals surface area contributed by atoms with Gasteiger partial charge in [0.1, 0.15) is 12.4 Å². The number of likely N-dealkylation sites (N-methyl/N-ethyl adjacent to an activating group) is 1. The summed E-state index contributed by atoms with van der Waals surface area (Å²) in [5, 5.41) is 0. The van der Waals surface area contributed by atoms with Crippen molar-refractivity contribution in [3.05, 3.63) is 64.7 Å². The van der Waals surface area contributed by atoms with Crippen molar-refractivity contribution in [1.29, 1.82) is 0 Å². The Morgan fingerprint density at radius 1 is 1.11 bits per heavy atom. The topological polar surface area (TPSA) is 42.0 Å². The summed E-state index contributed by atoms with van der Waals surface area (Å²) < 4.78 is 11.0. The summed E-state index contributed by atoms with van der Waals surface area (Å²) in [5.41, 5.74) is 4.65. The Labute approximate surface area is 166 Å². The Bertz CT molecular complexity index is 851. The molecule has 28 heavy (non-hydrogen) atoms. The Balaban J connectivity index is 1.78. The maximum Gasteiger partial charge on any atom is 0.309 e. The van der Waals surface area contributed by atoms with Crippen molar-refractivity contribution in [2.24, 2.45) is 0 Å². The van der Waals surface area contributed by atoms with Crippen LogP contribution in [-0.2, 0) is 22.6 Å². The Morgan fingerprint density at radius 2 is 1.96 bits per heavy atom. The smallest absolute Gasteiger partial charge is 0.309 e. The van der Waals surface area contributed by atoms with Crippen LogP contribution in [0.15, 0.2) is 42.5 Å². The first-order valence-corrected chi connectivity index (χ1v) is 9.98. The lowest BCUT2D eigenvalue weighted by Gasteiger charge is -2.32. The molecule has 2 aromatic rings. The number of carbonyl (C=O) groups excluding carboxylic acids is 1. The van der Waals surface area contributed by atoms with Gasteiger partial charge in [0.2, 0.25) is 0 Å². The molecule has 1 saturated heterocycles. The van der Waals surface area contributed by atoms with Crippen LogP contribution in [-0.4, -0.2) is 56.1 Å². The number of hydrogen-bond acceptors (Lipinski definition) is 5. The maximum atomic E-state index is 11.8. The molecule has 2 heterocycles. The average molecular weight is 380 g/mol. The van der Waals surface area contributed by atoms with Crippen LogP contribution in [0, 0.1) is 0 Å². The number of esters is 1. The molecule has 5 nitrogen and oxygen atoms in total. The van der Waals surface area contributed by atoms with Crippen molar-refractivity contribution in [3.63, 3.8) is 0 Å². The van der Waals surface area contributed by atoms with Gasteiger partial charge in [-0.05, 0) is 48.8 Å². The molecule has 1 atom stereocenters. The van der Waals surface area contributed by atoms with E-state index in [-0.39, 0.29) is 18.4 Å². The largest absolute Gasteiger partial charge is 0.489 e. The van der Waals surface area contributed by atoms with Gasteiger partial charge >= 0.3 is 5.97 Å². The van der Waals surface area contributed by atoms with E-state index < -0.39 is 0 Å². The monoisotopic (exact) mass is 380 g/mol. The van der Waals surface area contributed by atoms with Crippen molar-refractivity contribution < 1.29 is 14.3 Å². The van der Waals surface area contributed by atoms with E-state index >= 15 is 0 Å². The number of carbonyl (C=O) groups is 1. The van der Waals surface area contributed by atoms with Crippen molar-refractivity contribution in [1.82, 2.24) is 9.80 Å². The number of nitrogens with zero attached hydrogens (tertiary/aromatic N) is 2. The highest BCUT2D eigenvalue weighted by molar-refractivity contribution is 5.72. The molecular weight excluding hydrogens is 352 g/mol. The van der Waals surface area contributed by atoms with Gasteiger partial charge in [0, 0.05) is 25.2 Å². The number of methoxy groups -OCH3 is 1. The summed E-state index contributed by atoms with van der Waals surface area (Å²) >= 11 is 0. The van der Waals surface area contributed by atoms with Gasteiger partial charge in [0.05, 0.1) is 19.6 Å². The molecule has 0 bridgehead atoms. The highest BCUT2D eigenvalue weighted by Crippen LogP contribution is 2.40. The second-order valence-corrected chi connectivity index (χ2v) is 7.71. The molecule has 0 amide bonds. The molecule has 0 saturated carbocycles. The Kier molecular flexibility index (Phi) is 5.64. The minimum absolute atomic E-state index is 0.137. The summed E-state index contributed by atoms with van der Waals surface area (Å²) in [6.07, 6.45) is 1.42. The normalized spacial score (nSPS) is 20.3. The lowest BCUT2D eigenvalue weighted by molar-refractivity contribution is -0.139. The predicted octanol–water partition coefficient (Wildman–Crippen LogP) is 3.02. The molecule has 2 aromatic carbocycles. The summed E-state index contributed by atoms with van der Waals surface area (Å²) in [4.78, 5) is 16.8. The molecular formula is C23H28N2O3. The highest BCUT2D eigenvalue weighted by Gasteiger charge is 2.30. The molecule has 1 unspecified atom stereocenters. The first kappa shape index (κ1) is 19.0. The van der Waals surface area contributed by atoms with Gasteiger partial charge in [-0.3, -0.25) is 9.69 Å². The van der Waals surface area contributed by atoms with Crippen LogP contribution in [0.5, 0.6) is 5.75 Å². The third-order valence-electron chi connectivity index (χ3n) is 5.80. The molecule has 5 heteroatoms. The zero-order valence-electron chi connectivity index (χ0n) is 16.7. The average Bonchev–Trinajstić information content (AvgIpc) is 3.01. The van der Waals surface area contributed by atoms with Gasteiger partial charge < -0.3 is 14.4 Å². The number of ether oxygens (including phenoxy) is 2. The molecule has 2 aliphatic heterocycles. The molecule has 0 spiro atoms. The van der Waals surface area contributed by atoms with Crippen molar-refractivity contribution >= 4 is 5.97 Å². The zero-order valence-corrected chi connectivity index (χ0v) is 16.7. The molecule has 0 aromatic heterocycles. The third kappa shape index (κ3) is 3.91. The number of rotatable bonds is 3. The SMILES string of the molecule is COC(=O)Cc1ccc2c(c1)C(N1CCCN(C)CC1)c1ccccc1CO2. The lowest BCUT2D eigenvalue weighted by Crippen LogP contribution is -2.33. The van der Waals surface area contributed by atoms with E-state index in [9.17, 15) is 4.79 Å². The molecule has 0 aliphatic carbocycles. The first-order valence-electron chi connectivity index (χ1n) is 9.98. The van der Waals surface area contributed by atoms with E-state index in [0.29, 0.717) is 6.61 Å². The van der Waals surface area contributed by atoms with E-state index in [4.69, 9.17) is 9.47 Å². The molecule has 148 valence electrons. The summed E-state index contributed by atoms with van der Waals surface area (Å²) in [6, 6.07) is 14.8. The molecule has 0 radical (unpaired) electrons. The zero-order chi connectivity index (χ0) is 19.5. The fraction of sp³-hybridized carbons (Fsp3) is 0.435. The van der Waals surface area contributed by atoms with Gasteiger partial charge in [-0.2, -0.15) is 0 Å². The number of hydrogen-bond donors (Lipinski definition) is 0. The van der Waals surface area contributed by atoms with Crippen LogP contribution in [0.25, 0.3) is 0 Å². The highest BCUT2D eigenvalue weighted by atomic mass is 16.5. The second-order valence-electron chi connectivity index (χ2n) is 7.71. The van der Waals surface area contributed by atoms with Crippen LogP contribution in [0.4, 0.5) is 0 Å². The predicted molar refractivity (Wildman–Crippen MR) is 108 cm³/mol. The van der Waals surface area contributed by atoms with E-state index in [0.717, 1.165) is 49.5 Å². The standard InChI is InChI=1S/C23H28N2O3/c1-24-10-5-11-25(13-12-24)23-19-7-4-3-6-18(19)16-28-21-9-8-17(14-20(21)23)15-22(26)27-2/h3-4,6-9,14,23H,5,10-13,15-16H2,1-2H3. The summed E-state index contributed by atoms with van der Waals surface area (Å²) in [5.74, 6) is 0.690. The molecule has 0 N–H and O–H groups in total. The van der Waals surface area contributed by atoms with Gasteiger partial charge in [0.15, 0.2) is 0 Å². The van der Waals surface area contributed by atoms with E-state index in [1.807, 2.05) is 12.1 Å². The van der Waals surface area contributed by atoms with Crippen LogP contribution >= 0.6 is 0 Å².